The van der Waals surface area contributed by atoms with Crippen LogP contribution in [0.3, 0.4) is 0 Å². The number of anilines is 2. The Bertz CT molecular complexity index is 1100. The highest BCUT2D eigenvalue weighted by molar-refractivity contribution is 6.09. The maximum atomic E-state index is 9.43. The SMILES string of the molecule is CN(C)C=O.Cc1ccc(Nc2cc(C)nc3c2ccc2ccccc23)cc1. The number of pyridine rings is 1. The number of carbonyl (C=O) groups is 1. The molecule has 0 atom stereocenters. The monoisotopic (exact) mass is 371 g/mol. The Hall–Kier alpha value is -3.40. The number of fused-ring (bicyclic) bond motifs is 3. The summed E-state index contributed by atoms with van der Waals surface area (Å²) < 4.78 is 0. The maximum Gasteiger partial charge on any atom is 0.209 e. The van der Waals surface area contributed by atoms with Gasteiger partial charge in [0.05, 0.1) is 5.52 Å². The van der Waals surface area contributed by atoms with Gasteiger partial charge in [0.25, 0.3) is 0 Å². The third-order valence-corrected chi connectivity index (χ3v) is 4.37. The summed E-state index contributed by atoms with van der Waals surface area (Å²) in [4.78, 5) is 15.7. The molecule has 0 saturated carbocycles. The van der Waals surface area contributed by atoms with Crippen molar-refractivity contribution in [3.05, 3.63) is 78.0 Å². The predicted molar refractivity (Wildman–Crippen MR) is 118 cm³/mol. The summed E-state index contributed by atoms with van der Waals surface area (Å²) in [5.74, 6) is 0. The van der Waals surface area contributed by atoms with E-state index >= 15 is 0 Å². The van der Waals surface area contributed by atoms with Gasteiger partial charge in [-0.15, -0.1) is 0 Å². The fourth-order valence-electron chi connectivity index (χ4n) is 2.98. The molecule has 4 rings (SSSR count). The van der Waals surface area contributed by atoms with E-state index in [2.05, 4.69) is 79.0 Å². The van der Waals surface area contributed by atoms with Crippen molar-refractivity contribution < 1.29 is 4.79 Å². The predicted octanol–water partition coefficient (Wildman–Crippen LogP) is 5.45. The quantitative estimate of drug-likeness (QED) is 0.384. The molecule has 0 spiro atoms. The fourth-order valence-corrected chi connectivity index (χ4v) is 2.98. The summed E-state index contributed by atoms with van der Waals surface area (Å²) >= 11 is 0. The molecule has 0 saturated heterocycles. The number of carbonyl (C=O) groups excluding carboxylic acids is 1. The maximum absolute atomic E-state index is 9.43. The highest BCUT2D eigenvalue weighted by atomic mass is 16.1. The van der Waals surface area contributed by atoms with Gasteiger partial charge in [-0.25, -0.2) is 0 Å². The molecule has 0 radical (unpaired) electrons. The second-order valence-corrected chi connectivity index (χ2v) is 7.05. The van der Waals surface area contributed by atoms with E-state index in [9.17, 15) is 4.79 Å². The topological polar surface area (TPSA) is 45.2 Å². The van der Waals surface area contributed by atoms with E-state index < -0.39 is 0 Å². The van der Waals surface area contributed by atoms with Crippen LogP contribution in [-0.4, -0.2) is 30.4 Å². The summed E-state index contributed by atoms with van der Waals surface area (Å²) in [7, 11) is 3.38. The Morgan fingerprint density at radius 3 is 2.25 bits per heavy atom. The summed E-state index contributed by atoms with van der Waals surface area (Å²) in [6, 6.07) is 23.3. The van der Waals surface area contributed by atoms with Crippen LogP contribution in [0, 0.1) is 13.8 Å². The average molecular weight is 371 g/mol. The van der Waals surface area contributed by atoms with Crippen molar-refractivity contribution in [2.24, 2.45) is 0 Å². The first kappa shape index (κ1) is 19.4. The highest BCUT2D eigenvalue weighted by Crippen LogP contribution is 2.31. The minimum absolute atomic E-state index is 0.750. The Balaban J connectivity index is 0.000000403. The third-order valence-electron chi connectivity index (χ3n) is 4.37. The van der Waals surface area contributed by atoms with Crippen LogP contribution in [0.15, 0.2) is 66.7 Å². The number of rotatable bonds is 3. The van der Waals surface area contributed by atoms with E-state index in [0.717, 1.165) is 34.4 Å². The van der Waals surface area contributed by atoms with Gasteiger partial charge in [-0.05, 0) is 37.4 Å². The second kappa shape index (κ2) is 8.53. The zero-order chi connectivity index (χ0) is 20.1. The van der Waals surface area contributed by atoms with E-state index in [0.29, 0.717) is 0 Å². The molecule has 1 aromatic heterocycles. The van der Waals surface area contributed by atoms with Crippen LogP contribution in [0.2, 0.25) is 0 Å². The molecule has 0 aliphatic carbocycles. The number of benzene rings is 3. The standard InChI is InChI=1S/C21H18N2.C3H7NO/c1-14-7-10-17(11-8-14)23-20-13-15(2)22-21-18-6-4-3-5-16(18)9-12-19(20)21;1-4(2)3-5/h3-13H,1-2H3,(H,22,23);3H,1-2H3. The summed E-state index contributed by atoms with van der Waals surface area (Å²) in [5.41, 5.74) is 5.52. The van der Waals surface area contributed by atoms with Crippen molar-refractivity contribution >= 4 is 39.5 Å². The number of aromatic nitrogens is 1. The van der Waals surface area contributed by atoms with Crippen molar-refractivity contribution in [1.82, 2.24) is 9.88 Å². The van der Waals surface area contributed by atoms with Crippen molar-refractivity contribution in [3.8, 4) is 0 Å². The highest BCUT2D eigenvalue weighted by Gasteiger charge is 2.08. The van der Waals surface area contributed by atoms with Crippen molar-refractivity contribution in [3.63, 3.8) is 0 Å². The van der Waals surface area contributed by atoms with E-state index in [1.807, 2.05) is 6.92 Å². The first-order chi connectivity index (χ1) is 13.5. The molecule has 0 unspecified atom stereocenters. The van der Waals surface area contributed by atoms with Crippen LogP contribution in [-0.2, 0) is 4.79 Å². The summed E-state index contributed by atoms with van der Waals surface area (Å²) in [5, 5.41) is 7.10. The van der Waals surface area contributed by atoms with Crippen molar-refractivity contribution in [2.75, 3.05) is 19.4 Å². The molecule has 3 aromatic carbocycles. The normalized spacial score (nSPS) is 10.3. The Kier molecular flexibility index (Phi) is 5.90. The van der Waals surface area contributed by atoms with Gasteiger partial charge in [0.1, 0.15) is 0 Å². The molecule has 0 bridgehead atoms. The molecule has 0 fully saturated rings. The Morgan fingerprint density at radius 2 is 1.57 bits per heavy atom. The zero-order valence-electron chi connectivity index (χ0n) is 16.7. The number of nitrogens with zero attached hydrogens (tertiary/aromatic N) is 2. The largest absolute Gasteiger partial charge is 0.355 e. The lowest BCUT2D eigenvalue weighted by molar-refractivity contribution is -0.115. The van der Waals surface area contributed by atoms with Crippen LogP contribution < -0.4 is 5.32 Å². The van der Waals surface area contributed by atoms with E-state index in [-0.39, 0.29) is 0 Å². The minimum Gasteiger partial charge on any atom is -0.355 e. The molecule has 28 heavy (non-hydrogen) atoms. The zero-order valence-corrected chi connectivity index (χ0v) is 16.7. The molecule has 0 aliphatic heterocycles. The number of hydrogen-bond acceptors (Lipinski definition) is 3. The third kappa shape index (κ3) is 4.46. The van der Waals surface area contributed by atoms with Gasteiger partial charge >= 0.3 is 0 Å². The molecule has 1 amide bonds. The lowest BCUT2D eigenvalue weighted by Crippen LogP contribution is -2.06. The molecule has 4 nitrogen and oxygen atoms in total. The number of hydrogen-bond donors (Lipinski definition) is 1. The van der Waals surface area contributed by atoms with E-state index in [1.54, 1.807) is 14.1 Å². The van der Waals surface area contributed by atoms with Crippen LogP contribution in [0.1, 0.15) is 11.3 Å². The smallest absolute Gasteiger partial charge is 0.209 e. The molecule has 4 aromatic rings. The fraction of sp³-hybridized carbons (Fsp3) is 0.167. The molecule has 1 N–H and O–H groups in total. The molecule has 4 heteroatoms. The lowest BCUT2D eigenvalue weighted by atomic mass is 10.0. The Morgan fingerprint density at radius 1 is 0.893 bits per heavy atom. The molecular weight excluding hydrogens is 346 g/mol. The lowest BCUT2D eigenvalue weighted by Gasteiger charge is -2.12. The number of aryl methyl sites for hydroxylation is 2. The average Bonchev–Trinajstić information content (AvgIpc) is 2.70. The second-order valence-electron chi connectivity index (χ2n) is 7.05. The first-order valence-corrected chi connectivity index (χ1v) is 9.22. The van der Waals surface area contributed by atoms with Crippen molar-refractivity contribution in [1.29, 1.82) is 0 Å². The van der Waals surface area contributed by atoms with Gasteiger partial charge in [-0.1, -0.05) is 54.1 Å². The van der Waals surface area contributed by atoms with Crippen LogP contribution in [0.4, 0.5) is 11.4 Å². The van der Waals surface area contributed by atoms with Gasteiger partial charge in [0, 0.05) is 41.9 Å². The first-order valence-electron chi connectivity index (χ1n) is 9.22. The van der Waals surface area contributed by atoms with Crippen LogP contribution in [0.5, 0.6) is 0 Å². The van der Waals surface area contributed by atoms with Gasteiger partial charge in [-0.3, -0.25) is 9.78 Å². The van der Waals surface area contributed by atoms with E-state index in [4.69, 9.17) is 4.98 Å². The number of amides is 1. The van der Waals surface area contributed by atoms with Gasteiger partial charge < -0.3 is 10.2 Å². The van der Waals surface area contributed by atoms with Gasteiger partial charge in [0.15, 0.2) is 0 Å². The molecule has 1 heterocycles. The minimum atomic E-state index is 0.750. The molecule has 0 aliphatic rings. The van der Waals surface area contributed by atoms with Crippen molar-refractivity contribution in [2.45, 2.75) is 13.8 Å². The Labute approximate surface area is 165 Å². The molecule has 142 valence electrons. The number of nitrogens with one attached hydrogen (secondary N) is 1. The summed E-state index contributed by atoms with van der Waals surface area (Å²) in [6.07, 6.45) is 0.750. The van der Waals surface area contributed by atoms with E-state index in [1.165, 1.54) is 21.2 Å². The van der Waals surface area contributed by atoms with Crippen LogP contribution in [0.25, 0.3) is 21.7 Å². The molecular formula is C24H25N3O. The van der Waals surface area contributed by atoms with Gasteiger partial charge in [-0.2, -0.15) is 0 Å². The summed E-state index contributed by atoms with van der Waals surface area (Å²) in [6.45, 7) is 4.14. The van der Waals surface area contributed by atoms with Crippen LogP contribution >= 0.6 is 0 Å². The van der Waals surface area contributed by atoms with Gasteiger partial charge in [0.2, 0.25) is 6.41 Å².